The second-order valence-electron chi connectivity index (χ2n) is 7.45. The minimum atomic E-state index is 0.0504. The fraction of sp³-hybridized carbons (Fsp3) is 0.524. The Hall–Kier alpha value is -2.14. The van der Waals surface area contributed by atoms with Crippen molar-refractivity contribution in [1.82, 2.24) is 9.78 Å². The number of hydrogen-bond donors (Lipinski definition) is 1. The van der Waals surface area contributed by atoms with Crippen LogP contribution in [0, 0.1) is 6.92 Å². The van der Waals surface area contributed by atoms with Gasteiger partial charge >= 0.3 is 0 Å². The number of fused-ring (bicyclic) bond motifs is 1. The van der Waals surface area contributed by atoms with E-state index in [1.165, 1.54) is 11.1 Å². The van der Waals surface area contributed by atoms with Gasteiger partial charge in [-0.1, -0.05) is 24.3 Å². The Morgan fingerprint density at radius 2 is 2.19 bits per heavy atom. The topological polar surface area (TPSA) is 56.2 Å². The largest absolute Gasteiger partial charge is 0.378 e. The monoisotopic (exact) mass is 353 g/mol. The molecule has 0 radical (unpaired) electrons. The van der Waals surface area contributed by atoms with Gasteiger partial charge in [0.15, 0.2) is 0 Å². The van der Waals surface area contributed by atoms with Gasteiger partial charge in [0.25, 0.3) is 0 Å². The molecular formula is C21H27N3O2. The molecule has 5 heteroatoms. The van der Waals surface area contributed by atoms with Crippen LogP contribution in [0.3, 0.4) is 0 Å². The molecule has 1 aromatic heterocycles. The van der Waals surface area contributed by atoms with Gasteiger partial charge in [-0.3, -0.25) is 4.79 Å². The van der Waals surface area contributed by atoms with Gasteiger partial charge in [0.2, 0.25) is 5.91 Å². The van der Waals surface area contributed by atoms with Crippen LogP contribution in [0.15, 0.2) is 30.5 Å². The van der Waals surface area contributed by atoms with Crippen LogP contribution in [-0.4, -0.2) is 28.4 Å². The fourth-order valence-corrected chi connectivity index (χ4v) is 4.18. The third-order valence-corrected chi connectivity index (χ3v) is 5.59. The zero-order valence-corrected chi connectivity index (χ0v) is 15.4. The van der Waals surface area contributed by atoms with Crippen molar-refractivity contribution in [3.05, 3.63) is 47.2 Å². The first kappa shape index (κ1) is 17.3. The van der Waals surface area contributed by atoms with Gasteiger partial charge in [-0.15, -0.1) is 0 Å². The van der Waals surface area contributed by atoms with Crippen LogP contribution >= 0.6 is 0 Å². The van der Waals surface area contributed by atoms with E-state index < -0.39 is 0 Å². The lowest BCUT2D eigenvalue weighted by molar-refractivity contribution is -0.116. The number of hydrogen-bond acceptors (Lipinski definition) is 3. The van der Waals surface area contributed by atoms with E-state index in [1.54, 1.807) is 0 Å². The highest BCUT2D eigenvalue weighted by atomic mass is 16.5. The van der Waals surface area contributed by atoms with E-state index in [-0.39, 0.29) is 18.1 Å². The van der Waals surface area contributed by atoms with Gasteiger partial charge in [-0.2, -0.15) is 5.10 Å². The second-order valence-corrected chi connectivity index (χ2v) is 7.45. The summed E-state index contributed by atoms with van der Waals surface area (Å²) in [6.07, 6.45) is 8.90. The molecule has 1 fully saturated rings. The summed E-state index contributed by atoms with van der Waals surface area (Å²) in [7, 11) is 0. The third kappa shape index (κ3) is 3.54. The second kappa shape index (κ2) is 7.62. The first-order valence-corrected chi connectivity index (χ1v) is 9.76. The smallest absolute Gasteiger partial charge is 0.225 e. The summed E-state index contributed by atoms with van der Waals surface area (Å²) in [6.45, 7) is 2.84. The number of rotatable bonds is 5. The highest BCUT2D eigenvalue weighted by Crippen LogP contribution is 2.35. The zero-order valence-electron chi connectivity index (χ0n) is 15.4. The van der Waals surface area contributed by atoms with E-state index in [1.807, 2.05) is 17.8 Å². The van der Waals surface area contributed by atoms with E-state index in [0.29, 0.717) is 6.42 Å². The maximum Gasteiger partial charge on any atom is 0.225 e. The number of aryl methyl sites for hydroxylation is 2. The predicted octanol–water partition coefficient (Wildman–Crippen LogP) is 4.01. The molecule has 2 aliphatic rings. The summed E-state index contributed by atoms with van der Waals surface area (Å²) in [4.78, 5) is 12.5. The van der Waals surface area contributed by atoms with Gasteiger partial charge in [-0.25, -0.2) is 4.68 Å². The van der Waals surface area contributed by atoms with Gasteiger partial charge in [0.1, 0.15) is 5.82 Å². The van der Waals surface area contributed by atoms with Crippen molar-refractivity contribution in [2.24, 2.45) is 0 Å². The van der Waals surface area contributed by atoms with Crippen molar-refractivity contribution in [3.8, 4) is 0 Å². The molecule has 0 spiro atoms. The van der Waals surface area contributed by atoms with E-state index in [9.17, 15) is 4.79 Å². The van der Waals surface area contributed by atoms with Crippen LogP contribution in [0.4, 0.5) is 5.82 Å². The van der Waals surface area contributed by atoms with Crippen LogP contribution in [0.5, 0.6) is 0 Å². The lowest BCUT2D eigenvalue weighted by Gasteiger charge is -2.27. The minimum absolute atomic E-state index is 0.0504. The predicted molar refractivity (Wildman–Crippen MR) is 101 cm³/mol. The molecule has 2 aromatic rings. The standard InChI is InChI=1S/C21H27N3O2/c1-15-14-22-24(19-10-4-7-16-6-2-3-9-18(16)19)21(15)23-20(25)12-11-17-8-5-13-26-17/h2-3,6,9,14,17,19H,4-5,7-8,10-13H2,1H3,(H,23,25). The number of nitrogens with one attached hydrogen (secondary N) is 1. The van der Waals surface area contributed by atoms with Crippen molar-refractivity contribution in [1.29, 1.82) is 0 Å². The lowest BCUT2D eigenvalue weighted by atomic mass is 9.88. The molecule has 5 nitrogen and oxygen atoms in total. The average molecular weight is 353 g/mol. The Morgan fingerprint density at radius 1 is 1.31 bits per heavy atom. The summed E-state index contributed by atoms with van der Waals surface area (Å²) >= 11 is 0. The molecule has 2 unspecified atom stereocenters. The first-order chi connectivity index (χ1) is 12.7. The molecule has 1 aliphatic carbocycles. The Morgan fingerprint density at radius 3 is 3.04 bits per heavy atom. The molecule has 1 aliphatic heterocycles. The van der Waals surface area contributed by atoms with Crippen LogP contribution in [0.2, 0.25) is 0 Å². The summed E-state index contributed by atoms with van der Waals surface area (Å²) in [5.41, 5.74) is 3.74. The van der Waals surface area contributed by atoms with Crippen molar-refractivity contribution in [3.63, 3.8) is 0 Å². The quantitative estimate of drug-likeness (QED) is 0.883. The molecule has 1 aromatic carbocycles. The maximum atomic E-state index is 12.5. The van der Waals surface area contributed by atoms with Gasteiger partial charge in [0, 0.05) is 18.6 Å². The number of aromatic nitrogens is 2. The Balaban J connectivity index is 1.50. The maximum absolute atomic E-state index is 12.5. The van der Waals surface area contributed by atoms with Crippen LogP contribution < -0.4 is 5.32 Å². The fourth-order valence-electron chi connectivity index (χ4n) is 4.18. The van der Waals surface area contributed by atoms with Crippen LogP contribution in [0.1, 0.15) is 61.3 Å². The van der Waals surface area contributed by atoms with Gasteiger partial charge in [-0.05, 0) is 56.6 Å². The van der Waals surface area contributed by atoms with Crippen LogP contribution in [-0.2, 0) is 16.0 Å². The lowest BCUT2D eigenvalue weighted by Crippen LogP contribution is -2.23. The van der Waals surface area contributed by atoms with Gasteiger partial charge < -0.3 is 10.1 Å². The molecular weight excluding hydrogens is 326 g/mol. The van der Waals surface area contributed by atoms with Gasteiger partial charge in [0.05, 0.1) is 18.3 Å². The summed E-state index contributed by atoms with van der Waals surface area (Å²) in [6, 6.07) is 8.79. The van der Waals surface area contributed by atoms with E-state index in [2.05, 4.69) is 34.7 Å². The SMILES string of the molecule is Cc1cnn(C2CCCc3ccccc32)c1NC(=O)CCC1CCCO1. The molecule has 2 atom stereocenters. The van der Waals surface area contributed by atoms with Crippen molar-refractivity contribution >= 4 is 11.7 Å². The Labute approximate surface area is 154 Å². The van der Waals surface area contributed by atoms with Crippen molar-refractivity contribution in [2.45, 2.75) is 64.0 Å². The Kier molecular flexibility index (Phi) is 5.07. The van der Waals surface area contributed by atoms with E-state index in [4.69, 9.17) is 4.74 Å². The summed E-state index contributed by atoms with van der Waals surface area (Å²) < 4.78 is 7.63. The normalized spacial score (nSPS) is 22.2. The highest BCUT2D eigenvalue weighted by molar-refractivity contribution is 5.90. The number of amides is 1. The minimum Gasteiger partial charge on any atom is -0.378 e. The molecule has 138 valence electrons. The molecule has 1 amide bonds. The number of carbonyl (C=O) groups excluding carboxylic acids is 1. The third-order valence-electron chi connectivity index (χ3n) is 5.59. The zero-order chi connectivity index (χ0) is 17.9. The molecule has 0 bridgehead atoms. The Bertz CT molecular complexity index is 777. The molecule has 1 N–H and O–H groups in total. The first-order valence-electron chi connectivity index (χ1n) is 9.76. The number of nitrogens with zero attached hydrogens (tertiary/aromatic N) is 2. The summed E-state index contributed by atoms with van der Waals surface area (Å²) in [5.74, 6) is 0.887. The number of carbonyl (C=O) groups is 1. The molecule has 2 heterocycles. The molecule has 0 saturated carbocycles. The molecule has 26 heavy (non-hydrogen) atoms. The summed E-state index contributed by atoms with van der Waals surface area (Å²) in [5, 5.41) is 7.72. The number of ether oxygens (including phenoxy) is 1. The number of anilines is 1. The van der Waals surface area contributed by atoms with E-state index in [0.717, 1.165) is 56.5 Å². The van der Waals surface area contributed by atoms with Crippen molar-refractivity contribution < 1.29 is 9.53 Å². The van der Waals surface area contributed by atoms with E-state index >= 15 is 0 Å². The van der Waals surface area contributed by atoms with Crippen LogP contribution in [0.25, 0.3) is 0 Å². The average Bonchev–Trinajstić information content (AvgIpc) is 3.30. The molecule has 4 rings (SSSR count). The number of benzene rings is 1. The highest BCUT2D eigenvalue weighted by Gasteiger charge is 2.25. The van der Waals surface area contributed by atoms with Crippen molar-refractivity contribution in [2.75, 3.05) is 11.9 Å². The molecule has 1 saturated heterocycles.